The first-order valence-electron chi connectivity index (χ1n) is 15.9. The van der Waals surface area contributed by atoms with Gasteiger partial charge in [-0.15, -0.1) is 0 Å². The van der Waals surface area contributed by atoms with E-state index in [1.54, 1.807) is 0 Å². The molecule has 3 rings (SSSR count). The third-order valence-electron chi connectivity index (χ3n) is 8.81. The van der Waals surface area contributed by atoms with Gasteiger partial charge in [0, 0.05) is 31.6 Å². The molecule has 0 aromatic carbocycles. The Labute approximate surface area is 242 Å². The fraction of sp³-hybridized carbons (Fsp3) is 0.848. The maximum Gasteiger partial charge on any atom is 0.330 e. The van der Waals surface area contributed by atoms with Crippen LogP contribution in [0.15, 0.2) is 24.3 Å². The molecule has 1 aliphatic carbocycles. The van der Waals surface area contributed by atoms with Crippen molar-refractivity contribution in [3.05, 3.63) is 24.3 Å². The molecule has 2 saturated heterocycles. The standard InChI is InChI=1S/C33H55FO6/c1-5-6-21-33(2,3)29(40-32-18-12-14-23-38-32)20-19-26-25(15-9-7-8-10-16-30(35)36-4)27(34)24-28(26)39-31-17-11-13-22-37-31/h10,16,19-20,25-29,31-32H,5-9,11-15,17-18,21-24H2,1-4H3/t25-,26-,27-,28-,29-,31?,32?/m1/s1. The predicted octanol–water partition coefficient (Wildman–Crippen LogP) is 7.85. The van der Waals surface area contributed by atoms with Crippen LogP contribution in [-0.4, -0.2) is 57.3 Å². The molecule has 2 heterocycles. The molecule has 6 nitrogen and oxygen atoms in total. The molecule has 2 unspecified atom stereocenters. The van der Waals surface area contributed by atoms with Gasteiger partial charge in [0.25, 0.3) is 0 Å². The van der Waals surface area contributed by atoms with Gasteiger partial charge in [-0.25, -0.2) is 9.18 Å². The summed E-state index contributed by atoms with van der Waals surface area (Å²) in [5.74, 6) is -0.488. The van der Waals surface area contributed by atoms with Gasteiger partial charge in [0.15, 0.2) is 12.6 Å². The maximum atomic E-state index is 15.6. The van der Waals surface area contributed by atoms with Gasteiger partial charge >= 0.3 is 5.97 Å². The molecule has 0 spiro atoms. The highest BCUT2D eigenvalue weighted by atomic mass is 19.1. The van der Waals surface area contributed by atoms with Crippen molar-refractivity contribution >= 4 is 5.97 Å². The normalized spacial score (nSPS) is 30.7. The highest BCUT2D eigenvalue weighted by Gasteiger charge is 2.44. The Morgan fingerprint density at radius 3 is 2.42 bits per heavy atom. The lowest BCUT2D eigenvalue weighted by Gasteiger charge is -2.36. The van der Waals surface area contributed by atoms with Crippen LogP contribution in [0.5, 0.6) is 0 Å². The number of hydrogen-bond donors (Lipinski definition) is 0. The Hall–Kier alpha value is -1.28. The topological polar surface area (TPSA) is 63.2 Å². The third kappa shape index (κ3) is 10.8. The second kappa shape index (κ2) is 17.6. The lowest BCUT2D eigenvalue weighted by atomic mass is 9.80. The van der Waals surface area contributed by atoms with E-state index in [9.17, 15) is 4.79 Å². The van der Waals surface area contributed by atoms with Crippen molar-refractivity contribution in [2.45, 2.75) is 142 Å². The van der Waals surface area contributed by atoms with E-state index in [0.29, 0.717) is 13.0 Å². The molecule has 0 amide bonds. The van der Waals surface area contributed by atoms with E-state index in [-0.39, 0.29) is 48.0 Å². The van der Waals surface area contributed by atoms with Crippen molar-refractivity contribution in [1.29, 1.82) is 0 Å². The highest BCUT2D eigenvalue weighted by Crippen LogP contribution is 2.42. The SMILES string of the molecule is CCCCC(C)(C)[C@@H](C=C[C@@H]1[C@@H](CCCCC=CC(=O)OC)[C@H](F)C[C@H]1OC1CCCCO1)OC1CCCCO1. The molecule has 7 atom stereocenters. The number of allylic oxidation sites excluding steroid dienone is 1. The van der Waals surface area contributed by atoms with Gasteiger partial charge in [-0.3, -0.25) is 0 Å². The van der Waals surface area contributed by atoms with Gasteiger partial charge in [-0.05, 0) is 75.5 Å². The summed E-state index contributed by atoms with van der Waals surface area (Å²) >= 11 is 0. The molecular weight excluding hydrogens is 511 g/mol. The van der Waals surface area contributed by atoms with E-state index in [4.69, 9.17) is 18.9 Å². The number of alkyl halides is 1. The van der Waals surface area contributed by atoms with Crippen LogP contribution in [0.3, 0.4) is 0 Å². The van der Waals surface area contributed by atoms with Gasteiger partial charge in [0.1, 0.15) is 6.17 Å². The van der Waals surface area contributed by atoms with E-state index in [1.807, 2.05) is 6.08 Å². The Kier molecular flexibility index (Phi) is 14.6. The minimum atomic E-state index is -0.914. The van der Waals surface area contributed by atoms with Crippen LogP contribution in [-0.2, 0) is 28.5 Å². The average Bonchev–Trinajstić information content (AvgIpc) is 3.25. The van der Waals surface area contributed by atoms with Crippen LogP contribution in [0.25, 0.3) is 0 Å². The van der Waals surface area contributed by atoms with Crippen molar-refractivity contribution in [3.8, 4) is 0 Å². The van der Waals surface area contributed by atoms with Crippen molar-refractivity contribution in [2.24, 2.45) is 17.3 Å². The highest BCUT2D eigenvalue weighted by molar-refractivity contribution is 5.81. The Balaban J connectivity index is 1.72. The molecular formula is C33H55FO6. The number of unbranched alkanes of at least 4 members (excludes halogenated alkanes) is 3. The van der Waals surface area contributed by atoms with E-state index < -0.39 is 6.17 Å². The Morgan fingerprint density at radius 1 is 1.05 bits per heavy atom. The number of carbonyl (C=O) groups is 1. The Morgan fingerprint density at radius 2 is 1.77 bits per heavy atom. The van der Waals surface area contributed by atoms with Crippen LogP contribution in [0.2, 0.25) is 0 Å². The smallest absolute Gasteiger partial charge is 0.330 e. The lowest BCUT2D eigenvalue weighted by molar-refractivity contribution is -0.198. The van der Waals surface area contributed by atoms with Crippen LogP contribution in [0, 0.1) is 17.3 Å². The van der Waals surface area contributed by atoms with Crippen molar-refractivity contribution in [3.63, 3.8) is 0 Å². The van der Waals surface area contributed by atoms with Crippen LogP contribution >= 0.6 is 0 Å². The lowest BCUT2D eigenvalue weighted by Crippen LogP contribution is -2.37. The van der Waals surface area contributed by atoms with Gasteiger partial charge in [0.05, 0.1) is 19.3 Å². The molecule has 0 aromatic rings. The molecule has 0 radical (unpaired) electrons. The van der Waals surface area contributed by atoms with Crippen molar-refractivity contribution in [2.75, 3.05) is 20.3 Å². The first kappa shape index (κ1) is 33.2. The molecule has 1 saturated carbocycles. The zero-order valence-corrected chi connectivity index (χ0v) is 25.5. The van der Waals surface area contributed by atoms with Crippen molar-refractivity contribution < 1.29 is 32.9 Å². The van der Waals surface area contributed by atoms with Gasteiger partial charge in [0.2, 0.25) is 0 Å². The number of ether oxygens (including phenoxy) is 5. The largest absolute Gasteiger partial charge is 0.466 e. The summed E-state index contributed by atoms with van der Waals surface area (Å²) in [5, 5.41) is 0. The van der Waals surface area contributed by atoms with Crippen LogP contribution in [0.4, 0.5) is 4.39 Å². The zero-order chi connectivity index (χ0) is 28.8. The summed E-state index contributed by atoms with van der Waals surface area (Å²) in [7, 11) is 1.38. The van der Waals surface area contributed by atoms with Crippen molar-refractivity contribution in [1.82, 2.24) is 0 Å². The molecule has 230 valence electrons. The number of halogens is 1. The fourth-order valence-corrected chi connectivity index (χ4v) is 6.24. The molecule has 0 N–H and O–H groups in total. The second-order valence-electron chi connectivity index (χ2n) is 12.5. The van der Waals surface area contributed by atoms with Crippen LogP contribution in [0.1, 0.15) is 111 Å². The minimum Gasteiger partial charge on any atom is -0.466 e. The summed E-state index contributed by atoms with van der Waals surface area (Å²) in [5.41, 5.74) is -0.0641. The number of carbonyl (C=O) groups excluding carboxylic acids is 1. The van der Waals surface area contributed by atoms with Crippen LogP contribution < -0.4 is 0 Å². The summed E-state index contributed by atoms with van der Waals surface area (Å²) in [6, 6.07) is 0. The van der Waals surface area contributed by atoms with E-state index >= 15 is 4.39 Å². The van der Waals surface area contributed by atoms with E-state index in [0.717, 1.165) is 90.1 Å². The summed E-state index contributed by atoms with van der Waals surface area (Å²) in [6.07, 6.45) is 19.3. The van der Waals surface area contributed by atoms with Gasteiger partial charge in [-0.2, -0.15) is 0 Å². The van der Waals surface area contributed by atoms with Gasteiger partial charge in [-0.1, -0.05) is 58.3 Å². The predicted molar refractivity (Wildman–Crippen MR) is 155 cm³/mol. The molecule has 3 aliphatic rings. The molecule has 2 aliphatic heterocycles. The number of hydrogen-bond acceptors (Lipinski definition) is 6. The molecule has 0 aromatic heterocycles. The zero-order valence-electron chi connectivity index (χ0n) is 25.5. The fourth-order valence-electron chi connectivity index (χ4n) is 6.24. The van der Waals surface area contributed by atoms with E-state index in [1.165, 1.54) is 13.2 Å². The number of esters is 1. The van der Waals surface area contributed by atoms with Gasteiger partial charge < -0.3 is 23.7 Å². The summed E-state index contributed by atoms with van der Waals surface area (Å²) in [6.45, 7) is 8.23. The molecule has 0 bridgehead atoms. The first-order chi connectivity index (χ1) is 19.3. The number of methoxy groups -OCH3 is 1. The molecule has 7 heteroatoms. The Bertz CT molecular complexity index is 771. The minimum absolute atomic E-state index is 0.0357. The monoisotopic (exact) mass is 566 g/mol. The summed E-state index contributed by atoms with van der Waals surface area (Å²) in [4.78, 5) is 11.3. The number of rotatable bonds is 16. The first-order valence-corrected chi connectivity index (χ1v) is 15.9. The average molecular weight is 567 g/mol. The quantitative estimate of drug-likeness (QED) is 0.0821. The summed E-state index contributed by atoms with van der Waals surface area (Å²) < 4.78 is 45.1. The molecule has 3 fully saturated rings. The van der Waals surface area contributed by atoms with E-state index in [2.05, 4.69) is 37.7 Å². The third-order valence-corrected chi connectivity index (χ3v) is 8.81. The molecule has 40 heavy (non-hydrogen) atoms. The second-order valence-corrected chi connectivity index (χ2v) is 12.5. The maximum absolute atomic E-state index is 15.6.